The van der Waals surface area contributed by atoms with E-state index in [1.165, 1.54) is 0 Å². The molecule has 0 aliphatic heterocycles. The van der Waals surface area contributed by atoms with Gasteiger partial charge in [-0.25, -0.2) is 0 Å². The number of pyridine rings is 1. The summed E-state index contributed by atoms with van der Waals surface area (Å²) in [5, 5.41) is 1.59. The second-order valence-corrected chi connectivity index (χ2v) is 4.09. The molecular weight excluding hydrogens is 216 g/mol. The maximum absolute atomic E-state index is 11.9. The Bertz CT molecular complexity index is 768. The van der Waals surface area contributed by atoms with E-state index in [0.29, 0.717) is 5.39 Å². The van der Waals surface area contributed by atoms with Gasteiger partial charge in [0.2, 0.25) is 0 Å². The molecular formula is C13H12N2O2. The van der Waals surface area contributed by atoms with E-state index in [1.807, 2.05) is 25.1 Å². The number of H-pyrrole nitrogens is 2. The van der Waals surface area contributed by atoms with Crippen LogP contribution in [0.25, 0.3) is 21.8 Å². The second-order valence-electron chi connectivity index (χ2n) is 4.09. The maximum Gasteiger partial charge on any atom is 0.258 e. The van der Waals surface area contributed by atoms with Crippen LogP contribution in [0.15, 0.2) is 29.2 Å². The average Bonchev–Trinajstić information content (AvgIpc) is 2.73. The van der Waals surface area contributed by atoms with Crippen LogP contribution >= 0.6 is 0 Å². The van der Waals surface area contributed by atoms with Crippen LogP contribution in [0.1, 0.15) is 5.56 Å². The fourth-order valence-corrected chi connectivity index (χ4v) is 2.15. The lowest BCUT2D eigenvalue weighted by molar-refractivity contribution is 0.415. The van der Waals surface area contributed by atoms with E-state index in [-0.39, 0.29) is 5.56 Å². The molecule has 2 aromatic heterocycles. The zero-order valence-corrected chi connectivity index (χ0v) is 9.63. The first-order valence-corrected chi connectivity index (χ1v) is 5.38. The molecule has 0 saturated heterocycles. The summed E-state index contributed by atoms with van der Waals surface area (Å²) in [4.78, 5) is 17.9. The van der Waals surface area contributed by atoms with E-state index in [9.17, 15) is 4.79 Å². The van der Waals surface area contributed by atoms with Crippen molar-refractivity contribution < 1.29 is 4.74 Å². The molecule has 2 heterocycles. The Kier molecular flexibility index (Phi) is 1.98. The van der Waals surface area contributed by atoms with E-state index in [1.54, 1.807) is 13.3 Å². The largest absolute Gasteiger partial charge is 0.497 e. The second kappa shape index (κ2) is 3.38. The molecule has 86 valence electrons. The number of fused-ring (bicyclic) bond motifs is 3. The topological polar surface area (TPSA) is 57.9 Å². The van der Waals surface area contributed by atoms with E-state index in [2.05, 4.69) is 9.97 Å². The molecule has 1 aromatic carbocycles. The molecule has 3 rings (SSSR count). The predicted molar refractivity (Wildman–Crippen MR) is 67.7 cm³/mol. The third-order valence-electron chi connectivity index (χ3n) is 3.05. The molecule has 17 heavy (non-hydrogen) atoms. The van der Waals surface area contributed by atoms with Gasteiger partial charge in [-0.05, 0) is 30.7 Å². The van der Waals surface area contributed by atoms with Crippen molar-refractivity contribution in [3.05, 3.63) is 40.3 Å². The number of nitrogens with one attached hydrogen (secondary N) is 2. The smallest absolute Gasteiger partial charge is 0.258 e. The van der Waals surface area contributed by atoms with Crippen LogP contribution in [0.3, 0.4) is 0 Å². The fraction of sp³-hybridized carbons (Fsp3) is 0.154. The van der Waals surface area contributed by atoms with Gasteiger partial charge in [0, 0.05) is 17.1 Å². The van der Waals surface area contributed by atoms with Crippen molar-refractivity contribution in [2.75, 3.05) is 7.11 Å². The average molecular weight is 228 g/mol. The quantitative estimate of drug-likeness (QED) is 0.671. The maximum atomic E-state index is 11.9. The highest BCUT2D eigenvalue weighted by Gasteiger charge is 2.10. The summed E-state index contributed by atoms with van der Waals surface area (Å²) in [5.41, 5.74) is 2.78. The number of aromatic amines is 2. The van der Waals surface area contributed by atoms with Crippen molar-refractivity contribution in [2.24, 2.45) is 0 Å². The molecule has 0 aliphatic carbocycles. The van der Waals surface area contributed by atoms with Crippen LogP contribution in [0, 0.1) is 6.92 Å². The summed E-state index contributed by atoms with van der Waals surface area (Å²) in [6, 6.07) is 5.68. The van der Waals surface area contributed by atoms with Crippen LogP contribution in [-0.4, -0.2) is 17.1 Å². The van der Waals surface area contributed by atoms with Crippen molar-refractivity contribution in [1.82, 2.24) is 9.97 Å². The molecule has 0 fully saturated rings. The van der Waals surface area contributed by atoms with Gasteiger partial charge in [0.15, 0.2) is 0 Å². The Morgan fingerprint density at radius 2 is 2.12 bits per heavy atom. The van der Waals surface area contributed by atoms with Crippen molar-refractivity contribution >= 4 is 21.8 Å². The summed E-state index contributed by atoms with van der Waals surface area (Å²) >= 11 is 0. The Labute approximate surface area is 97.2 Å². The molecule has 2 N–H and O–H groups in total. The molecule has 0 unspecified atom stereocenters. The standard InChI is InChI=1S/C13H12N2O2/c1-7-6-14-13(16)11-9-5-8(17-2)3-4-10(9)15-12(7)11/h3-6,15H,1-2H3,(H,14,16). The van der Waals surface area contributed by atoms with Crippen molar-refractivity contribution in [1.29, 1.82) is 0 Å². The van der Waals surface area contributed by atoms with Gasteiger partial charge in [0.05, 0.1) is 18.0 Å². The SMILES string of the molecule is COc1ccc2[nH]c3c(C)c[nH]c(=O)c3c2c1. The molecule has 0 saturated carbocycles. The minimum Gasteiger partial charge on any atom is -0.497 e. The molecule has 0 bridgehead atoms. The zero-order chi connectivity index (χ0) is 12.0. The zero-order valence-electron chi connectivity index (χ0n) is 9.63. The van der Waals surface area contributed by atoms with Crippen LogP contribution in [0.5, 0.6) is 5.75 Å². The highest BCUT2D eigenvalue weighted by molar-refractivity contribution is 6.08. The van der Waals surface area contributed by atoms with Crippen molar-refractivity contribution in [3.8, 4) is 5.75 Å². The van der Waals surface area contributed by atoms with E-state index in [4.69, 9.17) is 4.74 Å². The summed E-state index contributed by atoms with van der Waals surface area (Å²) in [7, 11) is 1.62. The molecule has 0 spiro atoms. The number of hydrogen-bond acceptors (Lipinski definition) is 2. The van der Waals surface area contributed by atoms with Crippen LogP contribution in [-0.2, 0) is 0 Å². The lowest BCUT2D eigenvalue weighted by Crippen LogP contribution is -2.04. The number of benzene rings is 1. The monoisotopic (exact) mass is 228 g/mol. The van der Waals surface area contributed by atoms with Gasteiger partial charge >= 0.3 is 0 Å². The summed E-state index contributed by atoms with van der Waals surface area (Å²) < 4.78 is 5.18. The Balaban J connectivity index is 2.57. The van der Waals surface area contributed by atoms with Crippen LogP contribution < -0.4 is 10.3 Å². The Morgan fingerprint density at radius 3 is 2.88 bits per heavy atom. The third kappa shape index (κ3) is 1.34. The molecule has 3 aromatic rings. The summed E-state index contributed by atoms with van der Waals surface area (Å²) in [5.74, 6) is 0.749. The molecule has 0 amide bonds. The number of hydrogen-bond donors (Lipinski definition) is 2. The number of ether oxygens (including phenoxy) is 1. The van der Waals surface area contributed by atoms with Crippen LogP contribution in [0.4, 0.5) is 0 Å². The first-order chi connectivity index (χ1) is 8.20. The number of methoxy groups -OCH3 is 1. The Morgan fingerprint density at radius 1 is 1.29 bits per heavy atom. The van der Waals surface area contributed by atoms with Gasteiger partial charge in [-0.2, -0.15) is 0 Å². The highest BCUT2D eigenvalue weighted by Crippen LogP contribution is 2.27. The molecule has 0 atom stereocenters. The minimum absolute atomic E-state index is 0.0786. The lowest BCUT2D eigenvalue weighted by atomic mass is 10.1. The molecule has 0 radical (unpaired) electrons. The number of rotatable bonds is 1. The first kappa shape index (κ1) is 9.96. The van der Waals surface area contributed by atoms with Gasteiger partial charge in [-0.1, -0.05) is 0 Å². The lowest BCUT2D eigenvalue weighted by Gasteiger charge is -1.98. The normalized spacial score (nSPS) is 11.2. The van der Waals surface area contributed by atoms with E-state index < -0.39 is 0 Å². The van der Waals surface area contributed by atoms with Crippen molar-refractivity contribution in [2.45, 2.75) is 6.92 Å². The minimum atomic E-state index is -0.0786. The summed E-state index contributed by atoms with van der Waals surface area (Å²) in [6.07, 6.45) is 1.72. The van der Waals surface area contributed by atoms with Gasteiger partial charge in [0.25, 0.3) is 5.56 Å². The summed E-state index contributed by atoms with van der Waals surface area (Å²) in [6.45, 7) is 1.96. The predicted octanol–water partition coefficient (Wildman–Crippen LogP) is 2.33. The van der Waals surface area contributed by atoms with Gasteiger partial charge in [-0.3, -0.25) is 4.79 Å². The number of aryl methyl sites for hydroxylation is 1. The van der Waals surface area contributed by atoms with Crippen molar-refractivity contribution in [3.63, 3.8) is 0 Å². The third-order valence-corrected chi connectivity index (χ3v) is 3.05. The van der Waals surface area contributed by atoms with Crippen LogP contribution in [0.2, 0.25) is 0 Å². The van der Waals surface area contributed by atoms with E-state index >= 15 is 0 Å². The van der Waals surface area contributed by atoms with Gasteiger partial charge in [0.1, 0.15) is 5.75 Å². The molecule has 4 nitrogen and oxygen atoms in total. The van der Waals surface area contributed by atoms with Gasteiger partial charge < -0.3 is 14.7 Å². The van der Waals surface area contributed by atoms with Gasteiger partial charge in [-0.15, -0.1) is 0 Å². The molecule has 0 aliphatic rings. The number of aromatic nitrogens is 2. The fourth-order valence-electron chi connectivity index (χ4n) is 2.15. The molecule has 4 heteroatoms. The Hall–Kier alpha value is -2.23. The highest BCUT2D eigenvalue weighted by atomic mass is 16.5. The van der Waals surface area contributed by atoms with E-state index in [0.717, 1.165) is 27.7 Å². The first-order valence-electron chi connectivity index (χ1n) is 5.38.